The van der Waals surface area contributed by atoms with Crippen molar-refractivity contribution in [3.05, 3.63) is 0 Å². The zero-order valence-electron chi connectivity index (χ0n) is 7.47. The minimum atomic E-state index is 0.302. The molecule has 0 aromatic heterocycles. The van der Waals surface area contributed by atoms with Gasteiger partial charge in [-0.2, -0.15) is 0 Å². The normalized spacial score (nSPS) is 20.2. The predicted octanol–water partition coefficient (Wildman–Crippen LogP) is 1.11. The van der Waals surface area contributed by atoms with Crippen LogP contribution in [0.5, 0.6) is 0 Å². The molecule has 1 atom stereocenters. The highest BCUT2D eigenvalue weighted by molar-refractivity contribution is 4.73. The molecule has 1 fully saturated rings. The first kappa shape index (κ1) is 9.01. The van der Waals surface area contributed by atoms with E-state index in [1.807, 2.05) is 6.92 Å². The number of nitrogens with one attached hydrogen (secondary N) is 1. The minimum absolute atomic E-state index is 0.302. The van der Waals surface area contributed by atoms with E-state index in [1.54, 1.807) is 0 Å². The molecular weight excluding hydrogens is 136 g/mol. The summed E-state index contributed by atoms with van der Waals surface area (Å²) in [4.78, 5) is 0. The summed E-state index contributed by atoms with van der Waals surface area (Å²) in [7, 11) is 0. The fourth-order valence-electron chi connectivity index (χ4n) is 1.25. The largest absolute Gasteiger partial charge is 0.327 e. The summed E-state index contributed by atoms with van der Waals surface area (Å²) in [5, 5.41) is 3.34. The highest BCUT2D eigenvalue weighted by Crippen LogP contribution is 2.33. The quantitative estimate of drug-likeness (QED) is 0.565. The van der Waals surface area contributed by atoms with Crippen molar-refractivity contribution in [3.8, 4) is 0 Å². The first-order valence-electron chi connectivity index (χ1n) is 4.75. The zero-order chi connectivity index (χ0) is 8.10. The molecule has 0 aromatic rings. The van der Waals surface area contributed by atoms with Crippen molar-refractivity contribution in [1.82, 2.24) is 5.32 Å². The van der Waals surface area contributed by atoms with E-state index in [0.29, 0.717) is 6.04 Å². The predicted molar refractivity (Wildman–Crippen MR) is 48.5 cm³/mol. The first-order valence-corrected chi connectivity index (χ1v) is 4.75. The fourth-order valence-corrected chi connectivity index (χ4v) is 1.25. The second kappa shape index (κ2) is 4.73. The van der Waals surface area contributed by atoms with Crippen molar-refractivity contribution in [1.29, 1.82) is 0 Å². The number of hydrogen-bond acceptors (Lipinski definition) is 2. The van der Waals surface area contributed by atoms with Crippen LogP contribution in [0, 0.1) is 5.92 Å². The van der Waals surface area contributed by atoms with E-state index in [9.17, 15) is 0 Å². The van der Waals surface area contributed by atoms with Gasteiger partial charge in [0.2, 0.25) is 0 Å². The van der Waals surface area contributed by atoms with Crippen LogP contribution in [0.4, 0.5) is 0 Å². The van der Waals surface area contributed by atoms with E-state index < -0.39 is 0 Å². The van der Waals surface area contributed by atoms with Crippen LogP contribution >= 0.6 is 0 Å². The van der Waals surface area contributed by atoms with Crippen LogP contribution in [-0.4, -0.2) is 19.1 Å². The molecule has 1 saturated carbocycles. The fraction of sp³-hybridized carbons (Fsp3) is 1.00. The third-order valence-electron chi connectivity index (χ3n) is 2.13. The molecule has 0 aromatic carbocycles. The van der Waals surface area contributed by atoms with Gasteiger partial charge in [0.1, 0.15) is 0 Å². The molecule has 0 aliphatic heterocycles. The molecular formula is C9H20N2. The molecule has 66 valence electrons. The van der Waals surface area contributed by atoms with Crippen molar-refractivity contribution < 1.29 is 0 Å². The monoisotopic (exact) mass is 156 g/mol. The van der Waals surface area contributed by atoms with Crippen molar-refractivity contribution in [2.45, 2.75) is 38.6 Å². The van der Waals surface area contributed by atoms with E-state index in [-0.39, 0.29) is 0 Å². The zero-order valence-corrected chi connectivity index (χ0v) is 7.47. The summed E-state index contributed by atoms with van der Waals surface area (Å²) >= 11 is 0. The van der Waals surface area contributed by atoms with Gasteiger partial charge in [-0.25, -0.2) is 0 Å². The Labute approximate surface area is 69.5 Å². The van der Waals surface area contributed by atoms with Gasteiger partial charge < -0.3 is 11.1 Å². The molecule has 1 rings (SSSR count). The lowest BCUT2D eigenvalue weighted by Crippen LogP contribution is -2.31. The van der Waals surface area contributed by atoms with Crippen LogP contribution in [0.1, 0.15) is 32.6 Å². The molecule has 0 heterocycles. The highest BCUT2D eigenvalue weighted by Gasteiger charge is 2.19. The SMILES string of the molecule is CC(N)CNCCCC1CC1. The molecule has 11 heavy (non-hydrogen) atoms. The Hall–Kier alpha value is -0.0800. The average Bonchev–Trinajstić information content (AvgIpc) is 2.70. The lowest BCUT2D eigenvalue weighted by Gasteiger charge is -2.06. The maximum absolute atomic E-state index is 5.58. The van der Waals surface area contributed by atoms with Crippen molar-refractivity contribution >= 4 is 0 Å². The summed E-state index contributed by atoms with van der Waals surface area (Å²) in [6, 6.07) is 0.302. The summed E-state index contributed by atoms with van der Waals surface area (Å²) < 4.78 is 0. The smallest absolute Gasteiger partial charge is 0.0136 e. The Morgan fingerprint density at radius 2 is 2.27 bits per heavy atom. The van der Waals surface area contributed by atoms with Crippen LogP contribution in [0.25, 0.3) is 0 Å². The molecule has 0 spiro atoms. The summed E-state index contributed by atoms with van der Waals surface area (Å²) in [6.07, 6.45) is 5.71. The van der Waals surface area contributed by atoms with Gasteiger partial charge in [0.05, 0.1) is 0 Å². The summed E-state index contributed by atoms with van der Waals surface area (Å²) in [5.74, 6) is 1.08. The Kier molecular flexibility index (Phi) is 3.87. The topological polar surface area (TPSA) is 38.0 Å². The Morgan fingerprint density at radius 1 is 1.55 bits per heavy atom. The van der Waals surface area contributed by atoms with Crippen LogP contribution in [0.15, 0.2) is 0 Å². The maximum atomic E-state index is 5.58. The van der Waals surface area contributed by atoms with Crippen molar-refractivity contribution in [3.63, 3.8) is 0 Å². The van der Waals surface area contributed by atoms with E-state index in [0.717, 1.165) is 19.0 Å². The van der Waals surface area contributed by atoms with Gasteiger partial charge in [-0.15, -0.1) is 0 Å². The molecule has 1 aliphatic rings. The average molecular weight is 156 g/mol. The lowest BCUT2D eigenvalue weighted by atomic mass is 10.2. The highest BCUT2D eigenvalue weighted by atomic mass is 14.9. The van der Waals surface area contributed by atoms with Crippen molar-refractivity contribution in [2.24, 2.45) is 11.7 Å². The van der Waals surface area contributed by atoms with Crippen LogP contribution in [-0.2, 0) is 0 Å². The second-order valence-electron chi connectivity index (χ2n) is 3.77. The number of rotatable bonds is 6. The van der Waals surface area contributed by atoms with Crippen LogP contribution < -0.4 is 11.1 Å². The number of nitrogens with two attached hydrogens (primary N) is 1. The van der Waals surface area contributed by atoms with Gasteiger partial charge in [-0.05, 0) is 32.2 Å². The molecule has 0 bridgehead atoms. The summed E-state index contributed by atoms with van der Waals surface area (Å²) in [6.45, 7) is 4.15. The number of hydrogen-bond donors (Lipinski definition) is 2. The molecule has 0 radical (unpaired) electrons. The second-order valence-corrected chi connectivity index (χ2v) is 3.77. The van der Waals surface area contributed by atoms with E-state index in [2.05, 4.69) is 5.32 Å². The van der Waals surface area contributed by atoms with Gasteiger partial charge in [-0.1, -0.05) is 12.8 Å². The Bertz CT molecular complexity index is 93.7. The van der Waals surface area contributed by atoms with Gasteiger partial charge in [0.15, 0.2) is 0 Å². The van der Waals surface area contributed by atoms with Gasteiger partial charge >= 0.3 is 0 Å². The standard InChI is InChI=1S/C9H20N2/c1-8(10)7-11-6-2-3-9-4-5-9/h8-9,11H,2-7,10H2,1H3. The molecule has 2 heteroatoms. The summed E-state index contributed by atoms with van der Waals surface area (Å²) in [5.41, 5.74) is 5.58. The van der Waals surface area contributed by atoms with E-state index in [4.69, 9.17) is 5.73 Å². The van der Waals surface area contributed by atoms with Crippen molar-refractivity contribution in [2.75, 3.05) is 13.1 Å². The molecule has 0 amide bonds. The molecule has 3 N–H and O–H groups in total. The van der Waals surface area contributed by atoms with Gasteiger partial charge in [-0.3, -0.25) is 0 Å². The molecule has 1 unspecified atom stereocenters. The van der Waals surface area contributed by atoms with Crippen LogP contribution in [0.3, 0.4) is 0 Å². The Morgan fingerprint density at radius 3 is 2.82 bits per heavy atom. The minimum Gasteiger partial charge on any atom is -0.327 e. The first-order chi connectivity index (χ1) is 5.29. The lowest BCUT2D eigenvalue weighted by molar-refractivity contribution is 0.562. The van der Waals surface area contributed by atoms with E-state index in [1.165, 1.54) is 25.7 Å². The Balaban J connectivity index is 1.73. The van der Waals surface area contributed by atoms with Crippen LogP contribution in [0.2, 0.25) is 0 Å². The van der Waals surface area contributed by atoms with Gasteiger partial charge in [0, 0.05) is 12.6 Å². The molecule has 2 nitrogen and oxygen atoms in total. The van der Waals surface area contributed by atoms with E-state index >= 15 is 0 Å². The molecule has 1 aliphatic carbocycles. The third-order valence-corrected chi connectivity index (χ3v) is 2.13. The molecule has 0 saturated heterocycles. The van der Waals surface area contributed by atoms with Gasteiger partial charge in [0.25, 0.3) is 0 Å². The maximum Gasteiger partial charge on any atom is 0.0136 e. The third kappa shape index (κ3) is 5.22.